The van der Waals surface area contributed by atoms with Crippen LogP contribution in [0.2, 0.25) is 0 Å². The average Bonchev–Trinajstić information content (AvgIpc) is 3.23. The van der Waals surface area contributed by atoms with Gasteiger partial charge in [-0.25, -0.2) is 8.42 Å². The monoisotopic (exact) mass is 433 g/mol. The third kappa shape index (κ3) is 4.45. The predicted molar refractivity (Wildman–Crippen MR) is 116 cm³/mol. The summed E-state index contributed by atoms with van der Waals surface area (Å²) in [5, 5.41) is 2.83. The van der Waals surface area contributed by atoms with Crippen LogP contribution >= 0.6 is 0 Å². The number of carbonyl (C=O) groups is 1. The lowest BCUT2D eigenvalue weighted by atomic mass is 9.95. The van der Waals surface area contributed by atoms with Gasteiger partial charge in [-0.15, -0.1) is 0 Å². The highest BCUT2D eigenvalue weighted by Gasteiger charge is 2.32. The van der Waals surface area contributed by atoms with Crippen LogP contribution in [-0.4, -0.2) is 56.3 Å². The van der Waals surface area contributed by atoms with Gasteiger partial charge in [0.05, 0.1) is 24.2 Å². The van der Waals surface area contributed by atoms with Crippen LogP contribution in [0, 0.1) is 34.6 Å². The molecule has 1 aromatic carbocycles. The molecule has 1 amide bonds. The molecule has 0 atom stereocenters. The number of hydrogen-bond acceptors (Lipinski definition) is 5. The number of hydrogen-bond donors (Lipinski definition) is 1. The van der Waals surface area contributed by atoms with Crippen LogP contribution in [0.25, 0.3) is 0 Å². The zero-order valence-corrected chi connectivity index (χ0v) is 19.2. The molecule has 8 heteroatoms. The Balaban J connectivity index is 1.64. The molecule has 0 bridgehead atoms. The molecule has 1 N–H and O–H groups in total. The molecular weight excluding hydrogens is 402 g/mol. The Morgan fingerprint density at radius 2 is 1.53 bits per heavy atom. The molecule has 0 spiro atoms. The van der Waals surface area contributed by atoms with Crippen molar-refractivity contribution >= 4 is 15.9 Å². The number of rotatable bonds is 6. The Hall–Kier alpha value is -2.16. The summed E-state index contributed by atoms with van der Waals surface area (Å²) >= 11 is 0. The van der Waals surface area contributed by atoms with Gasteiger partial charge in [0.1, 0.15) is 5.76 Å². The van der Waals surface area contributed by atoms with Gasteiger partial charge in [0, 0.05) is 26.2 Å². The molecule has 1 aliphatic rings. The molecule has 164 valence electrons. The second kappa shape index (κ2) is 8.91. The number of benzene rings is 1. The van der Waals surface area contributed by atoms with Crippen LogP contribution in [0.1, 0.15) is 33.6 Å². The number of carbonyl (C=O) groups excluding carboxylic acids is 1. The second-order valence-corrected chi connectivity index (χ2v) is 9.87. The van der Waals surface area contributed by atoms with Crippen molar-refractivity contribution in [2.24, 2.45) is 0 Å². The summed E-state index contributed by atoms with van der Waals surface area (Å²) in [5.41, 5.74) is 4.87. The average molecular weight is 434 g/mol. The van der Waals surface area contributed by atoms with Crippen molar-refractivity contribution < 1.29 is 17.6 Å². The molecule has 1 saturated heterocycles. The van der Waals surface area contributed by atoms with E-state index in [1.54, 1.807) is 16.6 Å². The predicted octanol–water partition coefficient (Wildman–Crippen LogP) is 2.44. The lowest BCUT2D eigenvalue weighted by molar-refractivity contribution is -0.122. The Bertz CT molecular complexity index is 992. The third-order valence-corrected chi connectivity index (χ3v) is 8.44. The maximum atomic E-state index is 13.4. The molecular formula is C22H31N3O4S. The van der Waals surface area contributed by atoms with Crippen molar-refractivity contribution in [1.82, 2.24) is 14.5 Å². The van der Waals surface area contributed by atoms with E-state index in [0.29, 0.717) is 43.4 Å². The second-order valence-electron chi connectivity index (χ2n) is 7.99. The fraction of sp³-hybridized carbons (Fsp3) is 0.500. The van der Waals surface area contributed by atoms with Crippen molar-refractivity contribution in [3.8, 4) is 0 Å². The van der Waals surface area contributed by atoms with E-state index >= 15 is 0 Å². The van der Waals surface area contributed by atoms with Crippen LogP contribution in [-0.2, 0) is 21.4 Å². The lowest BCUT2D eigenvalue weighted by Crippen LogP contribution is -2.51. The molecule has 1 aliphatic heterocycles. The Kier molecular flexibility index (Phi) is 6.69. The topological polar surface area (TPSA) is 82.9 Å². The minimum Gasteiger partial charge on any atom is -0.467 e. The molecule has 0 aliphatic carbocycles. The fourth-order valence-electron chi connectivity index (χ4n) is 3.97. The van der Waals surface area contributed by atoms with E-state index in [0.717, 1.165) is 27.8 Å². The first kappa shape index (κ1) is 22.5. The highest BCUT2D eigenvalue weighted by Crippen LogP contribution is 2.31. The van der Waals surface area contributed by atoms with Gasteiger partial charge in [0.15, 0.2) is 0 Å². The molecule has 2 aromatic rings. The maximum Gasteiger partial charge on any atom is 0.243 e. The molecule has 0 unspecified atom stereocenters. The number of amides is 1. The summed E-state index contributed by atoms with van der Waals surface area (Å²) in [6.07, 6.45) is 1.57. The highest BCUT2D eigenvalue weighted by molar-refractivity contribution is 7.89. The largest absolute Gasteiger partial charge is 0.467 e. The molecule has 7 nitrogen and oxygen atoms in total. The van der Waals surface area contributed by atoms with Crippen LogP contribution in [0.3, 0.4) is 0 Å². The van der Waals surface area contributed by atoms with Gasteiger partial charge in [-0.05, 0) is 74.6 Å². The van der Waals surface area contributed by atoms with Gasteiger partial charge >= 0.3 is 0 Å². The SMILES string of the molecule is Cc1c(C)c(C)c(S(=O)(=O)N2CCN(CC(=O)NCc3ccco3)CC2)c(C)c1C. The van der Waals surface area contributed by atoms with E-state index < -0.39 is 10.0 Å². The number of piperazine rings is 1. The summed E-state index contributed by atoms with van der Waals surface area (Å²) in [4.78, 5) is 14.6. The smallest absolute Gasteiger partial charge is 0.243 e. The number of furan rings is 1. The highest BCUT2D eigenvalue weighted by atomic mass is 32.2. The first-order valence-corrected chi connectivity index (χ1v) is 11.7. The molecule has 30 heavy (non-hydrogen) atoms. The first-order valence-electron chi connectivity index (χ1n) is 10.2. The van der Waals surface area contributed by atoms with Crippen LogP contribution in [0.4, 0.5) is 0 Å². The molecule has 0 saturated carbocycles. The summed E-state index contributed by atoms with van der Waals surface area (Å²) in [6, 6.07) is 3.59. The molecule has 1 aromatic heterocycles. The van der Waals surface area contributed by atoms with Gasteiger partial charge < -0.3 is 9.73 Å². The standard InChI is InChI=1S/C22H31N3O4S/c1-15-16(2)18(4)22(19(5)17(15)3)30(27,28)25-10-8-24(9-11-25)14-21(26)23-13-20-7-6-12-29-20/h6-7,12H,8-11,13-14H2,1-5H3,(H,23,26). The Morgan fingerprint density at radius 3 is 2.07 bits per heavy atom. The van der Waals surface area contributed by atoms with Crippen LogP contribution in [0.5, 0.6) is 0 Å². The van der Waals surface area contributed by atoms with E-state index in [9.17, 15) is 13.2 Å². The number of nitrogens with zero attached hydrogens (tertiary/aromatic N) is 2. The summed E-state index contributed by atoms with van der Waals surface area (Å²) in [5.74, 6) is 0.605. The van der Waals surface area contributed by atoms with Gasteiger partial charge in [-0.1, -0.05) is 0 Å². The van der Waals surface area contributed by atoms with Crippen molar-refractivity contribution in [2.45, 2.75) is 46.1 Å². The van der Waals surface area contributed by atoms with Gasteiger partial charge in [0.25, 0.3) is 0 Å². The minimum atomic E-state index is -3.58. The minimum absolute atomic E-state index is 0.0980. The summed E-state index contributed by atoms with van der Waals surface area (Å²) in [6.45, 7) is 12.2. The molecule has 2 heterocycles. The van der Waals surface area contributed by atoms with E-state index in [1.165, 1.54) is 0 Å². The van der Waals surface area contributed by atoms with E-state index in [4.69, 9.17) is 4.42 Å². The van der Waals surface area contributed by atoms with Gasteiger partial charge in [0.2, 0.25) is 15.9 Å². The quantitative estimate of drug-likeness (QED) is 0.757. The van der Waals surface area contributed by atoms with Gasteiger partial charge in [-0.2, -0.15) is 4.31 Å². The molecule has 0 radical (unpaired) electrons. The maximum absolute atomic E-state index is 13.4. The summed E-state index contributed by atoms with van der Waals surface area (Å²) < 4.78 is 33.6. The zero-order chi connectivity index (χ0) is 22.1. The fourth-order valence-corrected chi connectivity index (χ4v) is 5.95. The molecule has 1 fully saturated rings. The van der Waals surface area contributed by atoms with Crippen molar-refractivity contribution in [2.75, 3.05) is 32.7 Å². The van der Waals surface area contributed by atoms with E-state index in [1.807, 2.05) is 45.6 Å². The Labute approximate surface area is 179 Å². The van der Waals surface area contributed by atoms with Crippen LogP contribution < -0.4 is 5.32 Å². The Morgan fingerprint density at radius 1 is 0.967 bits per heavy atom. The zero-order valence-electron chi connectivity index (χ0n) is 18.4. The summed E-state index contributed by atoms with van der Waals surface area (Å²) in [7, 11) is -3.58. The molecule has 3 rings (SSSR count). The van der Waals surface area contributed by atoms with E-state index in [2.05, 4.69) is 5.32 Å². The van der Waals surface area contributed by atoms with Gasteiger partial charge in [-0.3, -0.25) is 9.69 Å². The lowest BCUT2D eigenvalue weighted by Gasteiger charge is -2.34. The van der Waals surface area contributed by atoms with E-state index in [-0.39, 0.29) is 12.5 Å². The van der Waals surface area contributed by atoms with Crippen molar-refractivity contribution in [3.63, 3.8) is 0 Å². The normalized spacial score (nSPS) is 16.0. The van der Waals surface area contributed by atoms with Crippen molar-refractivity contribution in [3.05, 3.63) is 52.0 Å². The van der Waals surface area contributed by atoms with Crippen molar-refractivity contribution in [1.29, 1.82) is 0 Å². The number of sulfonamides is 1. The number of nitrogens with one attached hydrogen (secondary N) is 1. The third-order valence-electron chi connectivity index (χ3n) is 6.27. The first-order chi connectivity index (χ1) is 14.1. The van der Waals surface area contributed by atoms with Crippen LogP contribution in [0.15, 0.2) is 27.7 Å².